The summed E-state index contributed by atoms with van der Waals surface area (Å²) in [7, 11) is 0. The van der Waals surface area contributed by atoms with Gasteiger partial charge in [0.05, 0.1) is 5.02 Å². The number of halogens is 2. The van der Waals surface area contributed by atoms with Crippen LogP contribution in [0.5, 0.6) is 0 Å². The van der Waals surface area contributed by atoms with Crippen LogP contribution < -0.4 is 4.90 Å². The molecule has 0 saturated carbocycles. The molecule has 0 amide bonds. The number of allylic oxidation sites excluding steroid dienone is 2. The van der Waals surface area contributed by atoms with Crippen LogP contribution in [0.4, 0.5) is 10.1 Å². The van der Waals surface area contributed by atoms with E-state index in [1.807, 2.05) is 0 Å². The average Bonchev–Trinajstić information content (AvgIpc) is 2.64. The molecule has 0 bridgehead atoms. The van der Waals surface area contributed by atoms with E-state index in [0.717, 1.165) is 28.7 Å². The van der Waals surface area contributed by atoms with E-state index in [1.165, 1.54) is 11.3 Å². The van der Waals surface area contributed by atoms with Crippen LogP contribution in [0.15, 0.2) is 48.7 Å². The largest absolute Gasteiger partial charge is 0.344 e. The van der Waals surface area contributed by atoms with Crippen molar-refractivity contribution in [2.75, 3.05) is 4.90 Å². The second-order valence-corrected chi connectivity index (χ2v) is 8.51. The Morgan fingerprint density at radius 2 is 1.86 bits per heavy atom. The van der Waals surface area contributed by atoms with Gasteiger partial charge < -0.3 is 4.90 Å². The molecule has 1 heterocycles. The lowest BCUT2D eigenvalue weighted by atomic mass is 9.88. The first kappa shape index (κ1) is 20.7. The fourth-order valence-corrected chi connectivity index (χ4v) is 4.30. The minimum Gasteiger partial charge on any atom is -0.344 e. The third-order valence-electron chi connectivity index (χ3n) is 5.82. The van der Waals surface area contributed by atoms with Crippen molar-refractivity contribution in [2.45, 2.75) is 53.5 Å². The summed E-state index contributed by atoms with van der Waals surface area (Å²) in [5.74, 6) is 0.206. The van der Waals surface area contributed by atoms with Gasteiger partial charge >= 0.3 is 0 Å². The van der Waals surface area contributed by atoms with Gasteiger partial charge in [0.2, 0.25) is 0 Å². The Balaban J connectivity index is 2.08. The number of hydrogen-bond acceptors (Lipinski definition) is 1. The van der Waals surface area contributed by atoms with E-state index >= 15 is 0 Å². The number of anilines is 1. The summed E-state index contributed by atoms with van der Waals surface area (Å²) in [6, 6.07) is 10.0. The molecule has 1 aliphatic rings. The average molecular weight is 398 g/mol. The maximum absolute atomic E-state index is 14.4. The summed E-state index contributed by atoms with van der Waals surface area (Å²) < 4.78 is 14.4. The zero-order chi connectivity index (χ0) is 20.6. The van der Waals surface area contributed by atoms with Crippen molar-refractivity contribution >= 4 is 22.9 Å². The van der Waals surface area contributed by atoms with Gasteiger partial charge in [-0.1, -0.05) is 51.1 Å². The van der Waals surface area contributed by atoms with Gasteiger partial charge in [0.15, 0.2) is 0 Å². The highest BCUT2D eigenvalue weighted by molar-refractivity contribution is 6.30. The summed E-state index contributed by atoms with van der Waals surface area (Å²) in [6.45, 7) is 15.3. The Kier molecular flexibility index (Phi) is 6.00. The van der Waals surface area contributed by atoms with E-state index in [2.05, 4.69) is 64.4 Å². The Hall–Kier alpha value is -2.06. The number of rotatable bonds is 5. The Bertz CT molecular complexity index is 942. The van der Waals surface area contributed by atoms with Crippen molar-refractivity contribution < 1.29 is 4.39 Å². The summed E-state index contributed by atoms with van der Waals surface area (Å²) in [5.41, 5.74) is 7.43. The van der Waals surface area contributed by atoms with Crippen molar-refractivity contribution in [1.29, 1.82) is 0 Å². The van der Waals surface area contributed by atoms with E-state index in [-0.39, 0.29) is 10.8 Å². The van der Waals surface area contributed by atoms with Gasteiger partial charge in [0.25, 0.3) is 0 Å². The number of hydrogen-bond donors (Lipinski definition) is 0. The lowest BCUT2D eigenvalue weighted by molar-refractivity contribution is 0.468. The minimum atomic E-state index is -0.330. The van der Waals surface area contributed by atoms with Crippen molar-refractivity contribution in [3.05, 3.63) is 81.8 Å². The number of fused-ring (bicyclic) bond motifs is 1. The van der Waals surface area contributed by atoms with Crippen LogP contribution in [0.1, 0.15) is 56.4 Å². The van der Waals surface area contributed by atoms with Crippen molar-refractivity contribution in [2.24, 2.45) is 5.92 Å². The molecule has 1 nitrogen and oxygen atoms in total. The predicted octanol–water partition coefficient (Wildman–Crippen LogP) is 7.55. The highest BCUT2D eigenvalue weighted by Gasteiger charge is 2.27. The van der Waals surface area contributed by atoms with Gasteiger partial charge in [-0.05, 0) is 72.2 Å². The van der Waals surface area contributed by atoms with Crippen molar-refractivity contribution in [1.82, 2.24) is 0 Å². The zero-order valence-corrected chi connectivity index (χ0v) is 18.2. The van der Waals surface area contributed by atoms with E-state index in [0.29, 0.717) is 23.9 Å². The molecule has 0 saturated heterocycles. The zero-order valence-electron chi connectivity index (χ0n) is 17.4. The van der Waals surface area contributed by atoms with Crippen LogP contribution in [-0.4, -0.2) is 6.04 Å². The normalized spacial score (nSPS) is 14.9. The smallest absolute Gasteiger partial charge is 0.145 e. The standard InChI is InChI=1S/C25H29ClFN/c1-7-23(15(2)3)28-14-17(5)18(6)21-13-20(16(4)11-24(21)28)12-19-9-8-10-22(26)25(19)27/h8-11,13-15,23H,6-7,12H2,1-5H3. The predicted molar refractivity (Wildman–Crippen MR) is 120 cm³/mol. The molecule has 0 radical (unpaired) electrons. The third-order valence-corrected chi connectivity index (χ3v) is 6.12. The van der Waals surface area contributed by atoms with Crippen molar-refractivity contribution in [3.63, 3.8) is 0 Å². The quantitative estimate of drug-likeness (QED) is 0.503. The van der Waals surface area contributed by atoms with Crippen LogP contribution in [-0.2, 0) is 6.42 Å². The minimum absolute atomic E-state index is 0.171. The molecule has 0 aliphatic carbocycles. The molecule has 1 atom stereocenters. The van der Waals surface area contributed by atoms with Crippen LogP contribution >= 0.6 is 11.6 Å². The number of benzene rings is 2. The van der Waals surface area contributed by atoms with Crippen LogP contribution in [0, 0.1) is 18.7 Å². The number of aryl methyl sites for hydroxylation is 1. The second-order valence-electron chi connectivity index (χ2n) is 8.10. The van der Waals surface area contributed by atoms with Gasteiger partial charge in [0.1, 0.15) is 5.82 Å². The van der Waals surface area contributed by atoms with Gasteiger partial charge in [0, 0.05) is 29.9 Å². The fraction of sp³-hybridized carbons (Fsp3) is 0.360. The summed E-state index contributed by atoms with van der Waals surface area (Å²) >= 11 is 5.97. The van der Waals surface area contributed by atoms with Gasteiger partial charge in [-0.25, -0.2) is 4.39 Å². The summed E-state index contributed by atoms with van der Waals surface area (Å²) in [4.78, 5) is 2.40. The molecule has 0 spiro atoms. The van der Waals surface area contributed by atoms with E-state index < -0.39 is 0 Å². The highest BCUT2D eigenvalue weighted by atomic mass is 35.5. The highest BCUT2D eigenvalue weighted by Crippen LogP contribution is 2.40. The second kappa shape index (κ2) is 8.13. The molecule has 2 aromatic carbocycles. The molecule has 28 heavy (non-hydrogen) atoms. The molecule has 148 valence electrons. The number of nitrogens with zero attached hydrogens (tertiary/aromatic N) is 1. The maximum Gasteiger partial charge on any atom is 0.145 e. The molecular weight excluding hydrogens is 369 g/mol. The lowest BCUT2D eigenvalue weighted by Gasteiger charge is -2.38. The SMILES string of the molecule is C=C1C(C)=CN(C(CC)C(C)C)c2cc(C)c(Cc3cccc(Cl)c3F)cc21. The Morgan fingerprint density at radius 1 is 1.14 bits per heavy atom. The van der Waals surface area contributed by atoms with Gasteiger partial charge in [-0.3, -0.25) is 0 Å². The molecule has 0 fully saturated rings. The van der Waals surface area contributed by atoms with E-state index in [9.17, 15) is 4.39 Å². The van der Waals surface area contributed by atoms with Crippen LogP contribution in [0.2, 0.25) is 5.02 Å². The molecule has 3 rings (SSSR count). The lowest BCUT2D eigenvalue weighted by Crippen LogP contribution is -2.36. The topological polar surface area (TPSA) is 3.24 Å². The van der Waals surface area contributed by atoms with Crippen LogP contribution in [0.3, 0.4) is 0 Å². The molecule has 0 aromatic heterocycles. The molecule has 0 N–H and O–H groups in total. The van der Waals surface area contributed by atoms with E-state index in [4.69, 9.17) is 11.6 Å². The summed E-state index contributed by atoms with van der Waals surface area (Å²) in [5, 5.41) is 0.171. The maximum atomic E-state index is 14.4. The first-order valence-corrected chi connectivity index (χ1v) is 10.3. The molecule has 3 heteroatoms. The van der Waals surface area contributed by atoms with Gasteiger partial charge in [-0.15, -0.1) is 0 Å². The first-order chi connectivity index (χ1) is 13.2. The monoisotopic (exact) mass is 397 g/mol. The Morgan fingerprint density at radius 3 is 2.50 bits per heavy atom. The molecule has 1 unspecified atom stereocenters. The van der Waals surface area contributed by atoms with Crippen LogP contribution in [0.25, 0.3) is 5.57 Å². The Labute approximate surface area is 173 Å². The van der Waals surface area contributed by atoms with E-state index in [1.54, 1.807) is 18.2 Å². The van der Waals surface area contributed by atoms with Gasteiger partial charge in [-0.2, -0.15) is 0 Å². The fourth-order valence-electron chi connectivity index (χ4n) is 4.11. The first-order valence-electron chi connectivity index (χ1n) is 9.97. The molecular formula is C25H29ClFN. The molecule has 2 aromatic rings. The third kappa shape index (κ3) is 3.75. The molecule has 1 aliphatic heterocycles. The van der Waals surface area contributed by atoms with Crippen molar-refractivity contribution in [3.8, 4) is 0 Å². The summed E-state index contributed by atoms with van der Waals surface area (Å²) in [6.07, 6.45) is 3.82.